The van der Waals surface area contributed by atoms with Crippen molar-refractivity contribution in [3.63, 3.8) is 0 Å². The minimum Gasteiger partial charge on any atom is -0.359 e. The van der Waals surface area contributed by atoms with Crippen LogP contribution in [0.1, 0.15) is 19.4 Å². The molecule has 92 valence electrons. The monoisotopic (exact) mass is 249 g/mol. The van der Waals surface area contributed by atoms with E-state index >= 15 is 0 Å². The zero-order valence-corrected chi connectivity index (χ0v) is 11.3. The number of nitrogens with zero attached hydrogens (tertiary/aromatic N) is 2. The van der Waals surface area contributed by atoms with E-state index < -0.39 is 0 Å². The molecule has 0 aliphatic carbocycles. The van der Waals surface area contributed by atoms with Crippen molar-refractivity contribution in [1.29, 1.82) is 0 Å². The fourth-order valence-electron chi connectivity index (χ4n) is 1.37. The van der Waals surface area contributed by atoms with Crippen LogP contribution in [0, 0.1) is 0 Å². The van der Waals surface area contributed by atoms with Crippen molar-refractivity contribution in [2.45, 2.75) is 20.4 Å². The number of hydrogen-bond acceptors (Lipinski definition) is 2. The van der Waals surface area contributed by atoms with Gasteiger partial charge < -0.3 is 10.2 Å². The average Bonchev–Trinajstić information content (AvgIpc) is 2.34. The summed E-state index contributed by atoms with van der Waals surface area (Å²) >= 11 is 5.35. The van der Waals surface area contributed by atoms with Crippen molar-refractivity contribution < 1.29 is 0 Å². The molecule has 1 aromatic heterocycles. The fraction of sp³-hybridized carbons (Fsp3) is 0.385. The Morgan fingerprint density at radius 1 is 1.47 bits per heavy atom. The molecule has 0 unspecified atom stereocenters. The average molecular weight is 249 g/mol. The summed E-state index contributed by atoms with van der Waals surface area (Å²) in [4.78, 5) is 6.12. The van der Waals surface area contributed by atoms with Crippen LogP contribution in [-0.2, 0) is 6.54 Å². The summed E-state index contributed by atoms with van der Waals surface area (Å²) in [6, 6.07) is 4.01. The Morgan fingerprint density at radius 3 is 2.65 bits per heavy atom. The molecule has 0 bridgehead atoms. The smallest absolute Gasteiger partial charge is 0.169 e. The second-order valence-corrected chi connectivity index (χ2v) is 4.37. The third-order valence-electron chi connectivity index (χ3n) is 2.33. The van der Waals surface area contributed by atoms with Crippen LogP contribution in [0.2, 0.25) is 0 Å². The standard InChI is InChI=1S/C13H19N3S/c1-4-16(13(17)15-9-11(2)3)10-12-5-7-14-8-6-12/h5-8H,2,4,9-10H2,1,3H3,(H,15,17). The fourth-order valence-corrected chi connectivity index (χ4v) is 1.64. The van der Waals surface area contributed by atoms with Crippen molar-refractivity contribution in [3.8, 4) is 0 Å². The lowest BCUT2D eigenvalue weighted by atomic mass is 10.2. The van der Waals surface area contributed by atoms with E-state index in [9.17, 15) is 0 Å². The molecule has 0 atom stereocenters. The van der Waals surface area contributed by atoms with Gasteiger partial charge in [0.15, 0.2) is 5.11 Å². The van der Waals surface area contributed by atoms with E-state index in [0.29, 0.717) is 0 Å². The molecule has 0 aromatic carbocycles. The number of hydrogen-bond donors (Lipinski definition) is 1. The van der Waals surface area contributed by atoms with Gasteiger partial charge in [0.2, 0.25) is 0 Å². The Hall–Kier alpha value is -1.42. The van der Waals surface area contributed by atoms with Crippen LogP contribution < -0.4 is 5.32 Å². The van der Waals surface area contributed by atoms with E-state index in [2.05, 4.69) is 28.7 Å². The molecule has 1 aromatic rings. The summed E-state index contributed by atoms with van der Waals surface area (Å²) in [5.74, 6) is 0. The molecule has 4 heteroatoms. The molecule has 1 N–H and O–H groups in total. The first-order valence-corrected chi connectivity index (χ1v) is 6.10. The van der Waals surface area contributed by atoms with E-state index in [1.807, 2.05) is 19.1 Å². The second kappa shape index (κ2) is 7.01. The van der Waals surface area contributed by atoms with Gasteiger partial charge in [0.1, 0.15) is 0 Å². The molecule has 0 aliphatic heterocycles. The van der Waals surface area contributed by atoms with Crippen LogP contribution in [0.5, 0.6) is 0 Å². The highest BCUT2D eigenvalue weighted by molar-refractivity contribution is 7.80. The van der Waals surface area contributed by atoms with Crippen LogP contribution in [0.15, 0.2) is 36.7 Å². The molecule has 17 heavy (non-hydrogen) atoms. The van der Waals surface area contributed by atoms with Crippen LogP contribution in [-0.4, -0.2) is 28.1 Å². The van der Waals surface area contributed by atoms with Gasteiger partial charge in [-0.3, -0.25) is 4.98 Å². The van der Waals surface area contributed by atoms with Crippen LogP contribution in [0.25, 0.3) is 0 Å². The first kappa shape index (κ1) is 13.6. The summed E-state index contributed by atoms with van der Waals surface area (Å²) in [6.45, 7) is 10.3. The Labute approximate surface area is 109 Å². The van der Waals surface area contributed by atoms with E-state index in [4.69, 9.17) is 12.2 Å². The predicted molar refractivity (Wildman–Crippen MR) is 75.7 cm³/mol. The number of nitrogens with one attached hydrogen (secondary N) is 1. The topological polar surface area (TPSA) is 28.2 Å². The van der Waals surface area contributed by atoms with Crippen LogP contribution in [0.3, 0.4) is 0 Å². The maximum absolute atomic E-state index is 5.35. The maximum atomic E-state index is 5.35. The van der Waals surface area contributed by atoms with E-state index in [0.717, 1.165) is 30.3 Å². The summed E-state index contributed by atoms with van der Waals surface area (Å²) in [5, 5.41) is 3.97. The van der Waals surface area contributed by atoms with Crippen molar-refractivity contribution >= 4 is 17.3 Å². The van der Waals surface area contributed by atoms with E-state index in [-0.39, 0.29) is 0 Å². The van der Waals surface area contributed by atoms with Gasteiger partial charge in [-0.15, -0.1) is 0 Å². The molecule has 0 aliphatic rings. The third-order valence-corrected chi connectivity index (χ3v) is 2.74. The van der Waals surface area contributed by atoms with Crippen LogP contribution in [0.4, 0.5) is 0 Å². The van der Waals surface area contributed by atoms with Gasteiger partial charge in [-0.05, 0) is 43.8 Å². The quantitative estimate of drug-likeness (QED) is 0.640. The molecule has 0 saturated heterocycles. The number of rotatable bonds is 5. The minimum absolute atomic E-state index is 0.728. The third kappa shape index (κ3) is 4.95. The van der Waals surface area contributed by atoms with Gasteiger partial charge in [-0.25, -0.2) is 0 Å². The molecular formula is C13H19N3S. The number of thiocarbonyl (C=S) groups is 1. The van der Waals surface area contributed by atoms with E-state index in [1.165, 1.54) is 5.56 Å². The molecule has 0 fully saturated rings. The normalized spacial score (nSPS) is 9.76. The SMILES string of the molecule is C=C(C)CNC(=S)N(CC)Cc1ccncc1. The van der Waals surface area contributed by atoms with Crippen molar-refractivity contribution in [1.82, 2.24) is 15.2 Å². The molecular weight excluding hydrogens is 230 g/mol. The van der Waals surface area contributed by atoms with Crippen LogP contribution >= 0.6 is 12.2 Å². The summed E-state index contributed by atoms with van der Waals surface area (Å²) < 4.78 is 0. The lowest BCUT2D eigenvalue weighted by Crippen LogP contribution is -2.39. The molecule has 0 saturated carbocycles. The Morgan fingerprint density at radius 2 is 2.12 bits per heavy atom. The van der Waals surface area contributed by atoms with Crippen molar-refractivity contribution in [3.05, 3.63) is 42.2 Å². The molecule has 3 nitrogen and oxygen atoms in total. The lowest BCUT2D eigenvalue weighted by Gasteiger charge is -2.24. The Balaban J connectivity index is 2.53. The summed E-state index contributed by atoms with van der Waals surface area (Å²) in [5.41, 5.74) is 2.29. The molecule has 0 spiro atoms. The van der Waals surface area contributed by atoms with Gasteiger partial charge in [0, 0.05) is 32.0 Å². The zero-order chi connectivity index (χ0) is 12.7. The molecule has 0 radical (unpaired) electrons. The first-order chi connectivity index (χ1) is 8.13. The largest absolute Gasteiger partial charge is 0.359 e. The number of aromatic nitrogens is 1. The summed E-state index contributed by atoms with van der Waals surface area (Å²) in [7, 11) is 0. The molecule has 1 rings (SSSR count). The highest BCUT2D eigenvalue weighted by Crippen LogP contribution is 2.03. The maximum Gasteiger partial charge on any atom is 0.169 e. The lowest BCUT2D eigenvalue weighted by molar-refractivity contribution is 0.428. The Bertz CT molecular complexity index is 376. The van der Waals surface area contributed by atoms with E-state index in [1.54, 1.807) is 12.4 Å². The van der Waals surface area contributed by atoms with Gasteiger partial charge in [0.05, 0.1) is 0 Å². The highest BCUT2D eigenvalue weighted by atomic mass is 32.1. The number of pyridine rings is 1. The molecule has 1 heterocycles. The highest BCUT2D eigenvalue weighted by Gasteiger charge is 2.07. The van der Waals surface area contributed by atoms with Crippen molar-refractivity contribution in [2.24, 2.45) is 0 Å². The summed E-state index contributed by atoms with van der Waals surface area (Å²) in [6.07, 6.45) is 3.60. The van der Waals surface area contributed by atoms with Gasteiger partial charge in [0.25, 0.3) is 0 Å². The Kier molecular flexibility index (Phi) is 5.63. The molecule has 0 amide bonds. The van der Waals surface area contributed by atoms with Gasteiger partial charge in [-0.2, -0.15) is 0 Å². The minimum atomic E-state index is 0.728. The first-order valence-electron chi connectivity index (χ1n) is 5.69. The zero-order valence-electron chi connectivity index (χ0n) is 10.4. The second-order valence-electron chi connectivity index (χ2n) is 3.99. The van der Waals surface area contributed by atoms with Gasteiger partial charge >= 0.3 is 0 Å². The van der Waals surface area contributed by atoms with Gasteiger partial charge in [-0.1, -0.05) is 12.2 Å². The van der Waals surface area contributed by atoms with Crippen molar-refractivity contribution in [2.75, 3.05) is 13.1 Å². The predicted octanol–water partition coefficient (Wildman–Crippen LogP) is 2.35.